The number of hydrogen-bond donors (Lipinski definition) is 0. The Balaban J connectivity index is 1.24. The number of anilines is 2. The number of allylic oxidation sites excluding steroid dienone is 3. The number of fused-ring (bicyclic) bond motifs is 2. The third-order valence-corrected chi connectivity index (χ3v) is 7.83. The Bertz CT molecular complexity index is 1350. The van der Waals surface area contributed by atoms with Crippen LogP contribution >= 0.6 is 0 Å². The number of rotatable bonds is 4. The molecule has 0 saturated carbocycles. The van der Waals surface area contributed by atoms with Crippen LogP contribution in [-0.4, -0.2) is 24.2 Å². The van der Waals surface area contributed by atoms with E-state index in [2.05, 4.69) is 40.1 Å². The summed E-state index contributed by atoms with van der Waals surface area (Å²) in [5.41, 5.74) is 4.32. The average Bonchev–Trinajstić information content (AvgIpc) is 3.15. The first-order chi connectivity index (χ1) is 17.2. The molecule has 0 N–H and O–H groups in total. The van der Waals surface area contributed by atoms with Crippen LogP contribution in [-0.2, 0) is 22.1 Å². The molecule has 3 aliphatic rings. The van der Waals surface area contributed by atoms with Crippen LogP contribution in [0.2, 0.25) is 0 Å². The van der Waals surface area contributed by atoms with Gasteiger partial charge < -0.3 is 19.3 Å². The normalized spacial score (nSPS) is 18.0. The molecule has 6 rings (SSSR count). The lowest BCUT2D eigenvalue weighted by Gasteiger charge is -2.32. The number of nitrogens with zero attached hydrogens (tertiary/aromatic N) is 2. The summed E-state index contributed by atoms with van der Waals surface area (Å²) in [6, 6.07) is 26.3. The Morgan fingerprint density at radius 2 is 1.43 bits per heavy atom. The van der Waals surface area contributed by atoms with E-state index in [0.29, 0.717) is 26.4 Å². The van der Waals surface area contributed by atoms with Gasteiger partial charge in [0, 0.05) is 45.4 Å². The average molecular weight is 483 g/mol. The molecule has 1 aliphatic carbocycles. The van der Waals surface area contributed by atoms with Crippen LogP contribution in [0.3, 0.4) is 0 Å². The second kappa shape index (κ2) is 9.47. The minimum Gasteiger partial charge on any atom is -0.473 e. The lowest BCUT2D eigenvalue weighted by Crippen LogP contribution is -2.33. The predicted molar refractivity (Wildman–Crippen MR) is 140 cm³/mol. The van der Waals surface area contributed by atoms with Gasteiger partial charge in [0.25, 0.3) is 0 Å². The van der Waals surface area contributed by atoms with Crippen LogP contribution in [0.1, 0.15) is 12.0 Å². The zero-order valence-corrected chi connectivity index (χ0v) is 20.1. The number of hydrogen-bond acceptors (Lipinski definition) is 5. The molecule has 35 heavy (non-hydrogen) atoms. The molecule has 6 heteroatoms. The van der Waals surface area contributed by atoms with Crippen molar-refractivity contribution >= 4 is 22.2 Å². The van der Waals surface area contributed by atoms with Crippen LogP contribution in [0.25, 0.3) is 0 Å². The summed E-state index contributed by atoms with van der Waals surface area (Å²) >= 11 is 0. The molecule has 0 aromatic heterocycles. The summed E-state index contributed by atoms with van der Waals surface area (Å²) in [6.45, 7) is 2.45. The van der Waals surface area contributed by atoms with Crippen molar-refractivity contribution in [2.24, 2.45) is 0 Å². The van der Waals surface area contributed by atoms with Gasteiger partial charge in [0.05, 0.1) is 10.8 Å². The maximum Gasteiger partial charge on any atom is 0.161 e. The van der Waals surface area contributed by atoms with Crippen LogP contribution in [0, 0.1) is 0 Å². The van der Waals surface area contributed by atoms with Crippen LogP contribution in [0.5, 0.6) is 5.75 Å². The Morgan fingerprint density at radius 3 is 2.17 bits per heavy atom. The van der Waals surface area contributed by atoms with E-state index in [-0.39, 0.29) is 0 Å². The van der Waals surface area contributed by atoms with Crippen molar-refractivity contribution < 1.29 is 13.7 Å². The molecule has 3 aromatic carbocycles. The van der Waals surface area contributed by atoms with Crippen LogP contribution < -0.4 is 14.5 Å². The van der Waals surface area contributed by atoms with Crippen LogP contribution in [0.15, 0.2) is 118 Å². The standard InChI is InChI=1S/C29H26N2O3S/c32-35(27-14-15-29-23(17-27)19-31(21-34-29)25-10-5-2-6-11-25)26-12-7-13-28-22(16-26)18-30(20-33-28)24-8-3-1-4-9-24/h1-6,8-17H,7,18-21H2. The highest BCUT2D eigenvalue weighted by Gasteiger charge is 2.24. The van der Waals surface area contributed by atoms with E-state index in [4.69, 9.17) is 9.47 Å². The fourth-order valence-corrected chi connectivity index (χ4v) is 5.81. The van der Waals surface area contributed by atoms with E-state index in [1.54, 1.807) is 0 Å². The van der Waals surface area contributed by atoms with Crippen LogP contribution in [0.4, 0.5) is 11.4 Å². The summed E-state index contributed by atoms with van der Waals surface area (Å²) in [5.74, 6) is 1.74. The first-order valence-corrected chi connectivity index (χ1v) is 12.9. The summed E-state index contributed by atoms with van der Waals surface area (Å²) in [7, 11) is -1.30. The molecule has 1 unspecified atom stereocenters. The van der Waals surface area contributed by atoms with E-state index >= 15 is 0 Å². The minimum atomic E-state index is -1.30. The predicted octanol–water partition coefficient (Wildman–Crippen LogP) is 5.74. The monoisotopic (exact) mass is 482 g/mol. The number of para-hydroxylation sites is 2. The largest absolute Gasteiger partial charge is 0.473 e. The van der Waals surface area contributed by atoms with Crippen molar-refractivity contribution in [3.05, 3.63) is 119 Å². The number of benzene rings is 3. The second-order valence-electron chi connectivity index (χ2n) is 8.73. The molecule has 0 radical (unpaired) electrons. The van der Waals surface area contributed by atoms with Gasteiger partial charge in [-0.15, -0.1) is 0 Å². The van der Waals surface area contributed by atoms with Gasteiger partial charge in [-0.3, -0.25) is 0 Å². The summed E-state index contributed by atoms with van der Waals surface area (Å²) in [6.07, 6.45) is 6.85. The van der Waals surface area contributed by atoms with E-state index in [1.165, 1.54) is 0 Å². The molecule has 0 amide bonds. The van der Waals surface area contributed by atoms with Gasteiger partial charge >= 0.3 is 0 Å². The van der Waals surface area contributed by atoms with E-state index in [1.807, 2.05) is 66.7 Å². The maximum absolute atomic E-state index is 13.7. The third kappa shape index (κ3) is 4.49. The van der Waals surface area contributed by atoms with E-state index in [9.17, 15) is 4.21 Å². The van der Waals surface area contributed by atoms with E-state index < -0.39 is 10.8 Å². The molecule has 2 aliphatic heterocycles. The molecule has 5 nitrogen and oxygen atoms in total. The molecule has 0 spiro atoms. The topological polar surface area (TPSA) is 42.0 Å². The third-order valence-electron chi connectivity index (χ3n) is 6.43. The highest BCUT2D eigenvalue weighted by atomic mass is 32.2. The molecule has 1 saturated heterocycles. The van der Waals surface area contributed by atoms with Gasteiger partial charge in [0.1, 0.15) is 11.5 Å². The lowest BCUT2D eigenvalue weighted by atomic mass is 10.1. The van der Waals surface area contributed by atoms with Crippen molar-refractivity contribution in [1.82, 2.24) is 0 Å². The quantitative estimate of drug-likeness (QED) is 0.474. The molecular weight excluding hydrogens is 456 g/mol. The van der Waals surface area contributed by atoms with Crippen molar-refractivity contribution in [2.45, 2.75) is 17.9 Å². The van der Waals surface area contributed by atoms with Crippen molar-refractivity contribution in [3.63, 3.8) is 0 Å². The molecule has 0 bridgehead atoms. The second-order valence-corrected chi connectivity index (χ2v) is 10.2. The first-order valence-electron chi connectivity index (χ1n) is 11.8. The van der Waals surface area contributed by atoms with Gasteiger partial charge in [-0.2, -0.15) is 0 Å². The number of ether oxygens (including phenoxy) is 2. The SMILES string of the molecule is O=S(C1=CCC=C2OCN(c3ccccc3)CC2=C1)c1ccc2c(c1)CN(c1ccccc1)CO2. The highest BCUT2D eigenvalue weighted by molar-refractivity contribution is 7.89. The zero-order chi connectivity index (χ0) is 23.6. The molecule has 2 heterocycles. The summed E-state index contributed by atoms with van der Waals surface area (Å²) in [5, 5.41) is 0. The summed E-state index contributed by atoms with van der Waals surface area (Å²) < 4.78 is 25.7. The summed E-state index contributed by atoms with van der Waals surface area (Å²) in [4.78, 5) is 5.95. The Labute approximate surface area is 208 Å². The molecule has 3 aromatic rings. The zero-order valence-electron chi connectivity index (χ0n) is 19.3. The highest BCUT2D eigenvalue weighted by Crippen LogP contribution is 2.33. The van der Waals surface area contributed by atoms with Gasteiger partial charge in [-0.25, -0.2) is 4.21 Å². The van der Waals surface area contributed by atoms with Gasteiger partial charge in [-0.05, 0) is 61.0 Å². The molecule has 1 fully saturated rings. The maximum atomic E-state index is 13.7. The Hall–Kier alpha value is -3.77. The molecular formula is C29H26N2O3S. The lowest BCUT2D eigenvalue weighted by molar-refractivity contribution is 0.201. The van der Waals surface area contributed by atoms with Gasteiger partial charge in [0.2, 0.25) is 0 Å². The van der Waals surface area contributed by atoms with Gasteiger partial charge in [-0.1, -0.05) is 42.5 Å². The van der Waals surface area contributed by atoms with Crippen molar-refractivity contribution in [3.8, 4) is 5.75 Å². The fraction of sp³-hybridized carbons (Fsp3) is 0.172. The molecule has 1 atom stereocenters. The fourth-order valence-electron chi connectivity index (χ4n) is 4.60. The van der Waals surface area contributed by atoms with Gasteiger partial charge in [0.15, 0.2) is 13.5 Å². The minimum absolute atomic E-state index is 0.503. The van der Waals surface area contributed by atoms with E-state index in [0.717, 1.165) is 50.4 Å². The van der Waals surface area contributed by atoms with Crippen molar-refractivity contribution in [1.29, 1.82) is 0 Å². The first kappa shape index (κ1) is 21.7. The molecule has 176 valence electrons. The Morgan fingerprint density at radius 1 is 0.743 bits per heavy atom. The van der Waals surface area contributed by atoms with Crippen molar-refractivity contribution in [2.75, 3.05) is 29.8 Å². The smallest absolute Gasteiger partial charge is 0.161 e. The Kier molecular flexibility index (Phi) is 5.88.